The summed E-state index contributed by atoms with van der Waals surface area (Å²) in [6, 6.07) is 6.37. The molecule has 1 aromatic carbocycles. The van der Waals surface area contributed by atoms with Crippen molar-refractivity contribution in [2.75, 3.05) is 19.7 Å². The van der Waals surface area contributed by atoms with Crippen LogP contribution in [0.1, 0.15) is 30.1 Å². The molecular weight excluding hydrogens is 218 g/mol. The summed E-state index contributed by atoms with van der Waals surface area (Å²) < 4.78 is 5.03. The molecule has 4 heteroatoms. The van der Waals surface area contributed by atoms with Crippen LogP contribution in [-0.4, -0.2) is 30.8 Å². The average molecular weight is 237 g/mol. The van der Waals surface area contributed by atoms with Crippen molar-refractivity contribution in [3.63, 3.8) is 0 Å². The topological polar surface area (TPSA) is 58.6 Å². The molecule has 0 bridgehead atoms. The summed E-state index contributed by atoms with van der Waals surface area (Å²) in [5.41, 5.74) is 0.209. The van der Waals surface area contributed by atoms with Gasteiger partial charge >= 0.3 is 5.97 Å². The third kappa shape index (κ3) is 4.87. The second-order valence-electron chi connectivity index (χ2n) is 3.76. The van der Waals surface area contributed by atoms with E-state index in [1.165, 1.54) is 6.07 Å². The molecule has 0 atom stereocenters. The number of para-hydroxylation sites is 1. The molecule has 0 unspecified atom stereocenters. The summed E-state index contributed by atoms with van der Waals surface area (Å²) >= 11 is 0. The minimum absolute atomic E-state index is 0.0450. The standard InChI is InChI=1S/C13H19NO3/c1-2-3-8-14-9-10-17-13(16)11-6-4-5-7-12(11)15/h4-7,14-15H,2-3,8-10H2,1H3. The molecule has 1 rings (SSSR count). The summed E-state index contributed by atoms with van der Waals surface area (Å²) in [5.74, 6) is -0.531. The van der Waals surface area contributed by atoms with Crippen LogP contribution in [0.15, 0.2) is 24.3 Å². The van der Waals surface area contributed by atoms with Gasteiger partial charge in [-0.3, -0.25) is 0 Å². The maximum absolute atomic E-state index is 11.5. The molecule has 0 radical (unpaired) electrons. The third-order valence-electron chi connectivity index (χ3n) is 2.34. The number of rotatable bonds is 7. The van der Waals surface area contributed by atoms with Crippen molar-refractivity contribution in [1.82, 2.24) is 5.32 Å². The van der Waals surface area contributed by atoms with E-state index in [9.17, 15) is 9.90 Å². The quantitative estimate of drug-likeness (QED) is 0.562. The van der Waals surface area contributed by atoms with Gasteiger partial charge in [-0.2, -0.15) is 0 Å². The summed E-state index contributed by atoms with van der Waals surface area (Å²) in [4.78, 5) is 11.5. The Labute approximate surface area is 102 Å². The van der Waals surface area contributed by atoms with E-state index < -0.39 is 5.97 Å². The molecule has 4 nitrogen and oxygen atoms in total. The fourth-order valence-electron chi connectivity index (χ4n) is 1.37. The number of aromatic hydroxyl groups is 1. The van der Waals surface area contributed by atoms with Gasteiger partial charge in [0.2, 0.25) is 0 Å². The monoisotopic (exact) mass is 237 g/mol. The fraction of sp³-hybridized carbons (Fsp3) is 0.462. The predicted molar refractivity (Wildman–Crippen MR) is 66.2 cm³/mol. The fourth-order valence-corrected chi connectivity index (χ4v) is 1.37. The summed E-state index contributed by atoms with van der Waals surface area (Å²) in [7, 11) is 0. The van der Waals surface area contributed by atoms with Gasteiger partial charge in [-0.25, -0.2) is 4.79 Å². The van der Waals surface area contributed by atoms with E-state index >= 15 is 0 Å². The molecule has 0 aliphatic heterocycles. The van der Waals surface area contributed by atoms with Gasteiger partial charge in [-0.15, -0.1) is 0 Å². The Morgan fingerprint density at radius 1 is 1.35 bits per heavy atom. The van der Waals surface area contributed by atoms with Crippen molar-refractivity contribution in [3.05, 3.63) is 29.8 Å². The van der Waals surface area contributed by atoms with E-state index in [1.54, 1.807) is 18.2 Å². The lowest BCUT2D eigenvalue weighted by molar-refractivity contribution is 0.0505. The number of carbonyl (C=O) groups is 1. The van der Waals surface area contributed by atoms with Gasteiger partial charge in [0.1, 0.15) is 17.9 Å². The molecule has 0 amide bonds. The molecule has 0 heterocycles. The largest absolute Gasteiger partial charge is 0.507 e. The van der Waals surface area contributed by atoms with Crippen LogP contribution < -0.4 is 5.32 Å². The Morgan fingerprint density at radius 3 is 2.82 bits per heavy atom. The highest BCUT2D eigenvalue weighted by Crippen LogP contribution is 2.16. The second-order valence-corrected chi connectivity index (χ2v) is 3.76. The zero-order valence-corrected chi connectivity index (χ0v) is 10.1. The van der Waals surface area contributed by atoms with Crippen molar-refractivity contribution in [1.29, 1.82) is 0 Å². The maximum atomic E-state index is 11.5. The predicted octanol–water partition coefficient (Wildman–Crippen LogP) is 1.94. The number of nitrogens with one attached hydrogen (secondary N) is 1. The molecule has 17 heavy (non-hydrogen) atoms. The molecular formula is C13H19NO3. The number of hydrogen-bond acceptors (Lipinski definition) is 4. The third-order valence-corrected chi connectivity index (χ3v) is 2.34. The molecule has 2 N–H and O–H groups in total. The molecule has 94 valence electrons. The number of phenols is 1. The van der Waals surface area contributed by atoms with Crippen LogP contribution in [0.4, 0.5) is 0 Å². The lowest BCUT2D eigenvalue weighted by Gasteiger charge is -2.07. The highest BCUT2D eigenvalue weighted by atomic mass is 16.5. The Balaban J connectivity index is 2.24. The van der Waals surface area contributed by atoms with Gasteiger partial charge in [0.25, 0.3) is 0 Å². The van der Waals surface area contributed by atoms with Crippen molar-refractivity contribution in [2.45, 2.75) is 19.8 Å². The first kappa shape index (κ1) is 13.5. The highest BCUT2D eigenvalue weighted by Gasteiger charge is 2.10. The number of benzene rings is 1. The smallest absolute Gasteiger partial charge is 0.341 e. The van der Waals surface area contributed by atoms with Gasteiger partial charge in [-0.1, -0.05) is 25.5 Å². The van der Waals surface area contributed by atoms with Crippen molar-refractivity contribution in [2.24, 2.45) is 0 Å². The van der Waals surface area contributed by atoms with Crippen molar-refractivity contribution >= 4 is 5.97 Å². The number of ether oxygens (including phenoxy) is 1. The van der Waals surface area contributed by atoms with Gasteiger partial charge in [0.15, 0.2) is 0 Å². The summed E-state index contributed by atoms with van der Waals surface area (Å²) in [6.07, 6.45) is 2.26. The first-order chi connectivity index (χ1) is 8.25. The van der Waals surface area contributed by atoms with Crippen LogP contribution in [0.3, 0.4) is 0 Å². The van der Waals surface area contributed by atoms with Crippen molar-refractivity contribution in [3.8, 4) is 5.75 Å². The number of phenolic OH excluding ortho intramolecular Hbond substituents is 1. The second kappa shape index (κ2) is 7.68. The van der Waals surface area contributed by atoms with E-state index in [-0.39, 0.29) is 11.3 Å². The molecule has 0 aromatic heterocycles. The van der Waals surface area contributed by atoms with Gasteiger partial charge < -0.3 is 15.2 Å². The van der Waals surface area contributed by atoms with E-state index in [0.717, 1.165) is 19.4 Å². The molecule has 0 saturated carbocycles. The van der Waals surface area contributed by atoms with Crippen LogP contribution in [0.25, 0.3) is 0 Å². The van der Waals surface area contributed by atoms with E-state index in [2.05, 4.69) is 12.2 Å². The lowest BCUT2D eigenvalue weighted by atomic mass is 10.2. The first-order valence-corrected chi connectivity index (χ1v) is 5.91. The normalized spacial score (nSPS) is 10.2. The number of carbonyl (C=O) groups excluding carboxylic acids is 1. The van der Waals surface area contributed by atoms with E-state index in [4.69, 9.17) is 4.74 Å². The van der Waals surface area contributed by atoms with Gasteiger partial charge in [-0.05, 0) is 25.1 Å². The maximum Gasteiger partial charge on any atom is 0.341 e. The Kier molecular flexibility index (Phi) is 6.10. The Bertz CT molecular complexity index is 352. The van der Waals surface area contributed by atoms with Crippen molar-refractivity contribution < 1.29 is 14.6 Å². The Hall–Kier alpha value is -1.55. The number of hydrogen-bond donors (Lipinski definition) is 2. The lowest BCUT2D eigenvalue weighted by Crippen LogP contribution is -2.22. The van der Waals surface area contributed by atoms with E-state index in [0.29, 0.717) is 13.2 Å². The molecule has 0 aliphatic rings. The molecule has 0 aliphatic carbocycles. The first-order valence-electron chi connectivity index (χ1n) is 5.91. The summed E-state index contributed by atoms with van der Waals surface area (Å²) in [5, 5.41) is 12.6. The van der Waals surface area contributed by atoms with Crippen LogP contribution in [0, 0.1) is 0 Å². The van der Waals surface area contributed by atoms with E-state index in [1.807, 2.05) is 0 Å². The summed E-state index contributed by atoms with van der Waals surface area (Å²) in [6.45, 7) is 4.01. The van der Waals surface area contributed by atoms with Crippen LogP contribution in [-0.2, 0) is 4.74 Å². The zero-order chi connectivity index (χ0) is 12.5. The zero-order valence-electron chi connectivity index (χ0n) is 10.1. The average Bonchev–Trinajstić information content (AvgIpc) is 2.34. The minimum atomic E-state index is -0.486. The highest BCUT2D eigenvalue weighted by molar-refractivity contribution is 5.92. The van der Waals surface area contributed by atoms with Crippen LogP contribution in [0.5, 0.6) is 5.75 Å². The molecule has 0 saturated heterocycles. The Morgan fingerprint density at radius 2 is 2.12 bits per heavy atom. The number of unbranched alkanes of at least 4 members (excludes halogenated alkanes) is 1. The van der Waals surface area contributed by atoms with Crippen LogP contribution in [0.2, 0.25) is 0 Å². The van der Waals surface area contributed by atoms with Gasteiger partial charge in [0, 0.05) is 6.54 Å². The SMILES string of the molecule is CCCCNCCOC(=O)c1ccccc1O. The molecule has 1 aromatic rings. The van der Waals surface area contributed by atoms with Crippen LogP contribution >= 0.6 is 0 Å². The molecule has 0 fully saturated rings. The van der Waals surface area contributed by atoms with Gasteiger partial charge in [0.05, 0.1) is 0 Å². The molecule has 0 spiro atoms. The minimum Gasteiger partial charge on any atom is -0.507 e. The number of esters is 1.